The molecule has 26 heavy (non-hydrogen) atoms. The molecule has 136 valence electrons. The van der Waals surface area contributed by atoms with Crippen LogP contribution in [0.3, 0.4) is 0 Å². The predicted octanol–water partition coefficient (Wildman–Crippen LogP) is 6.31. The average molecular weight is 348 g/mol. The second-order valence-corrected chi connectivity index (χ2v) is 8.74. The van der Waals surface area contributed by atoms with E-state index < -0.39 is 0 Å². The summed E-state index contributed by atoms with van der Waals surface area (Å²) in [6, 6.07) is 15.3. The lowest BCUT2D eigenvalue weighted by atomic mass is 9.86. The van der Waals surface area contributed by atoms with E-state index >= 15 is 0 Å². The van der Waals surface area contributed by atoms with Crippen molar-refractivity contribution in [2.24, 2.45) is 10.8 Å². The molecule has 0 aromatic heterocycles. The first-order valence-corrected chi connectivity index (χ1v) is 8.96. The molecular weight excluding hydrogens is 320 g/mol. The third kappa shape index (κ3) is 5.01. The Kier molecular flexibility index (Phi) is 5.65. The van der Waals surface area contributed by atoms with Crippen molar-refractivity contribution in [1.29, 1.82) is 0 Å². The number of ketones is 2. The van der Waals surface area contributed by atoms with Gasteiger partial charge in [-0.15, -0.1) is 0 Å². The van der Waals surface area contributed by atoms with Gasteiger partial charge in [0.2, 0.25) is 0 Å². The molecule has 0 bridgehead atoms. The second kappa shape index (κ2) is 7.41. The molecule has 0 radical (unpaired) electrons. The van der Waals surface area contributed by atoms with E-state index in [9.17, 15) is 9.59 Å². The second-order valence-electron chi connectivity index (χ2n) is 8.74. The summed E-state index contributed by atoms with van der Waals surface area (Å²) < 4.78 is 0. The highest BCUT2D eigenvalue weighted by molar-refractivity contribution is 6.00. The molecule has 2 rings (SSSR count). The lowest BCUT2D eigenvalue weighted by Crippen LogP contribution is -2.20. The molecule has 0 aliphatic heterocycles. The molecule has 2 heteroatoms. The fourth-order valence-corrected chi connectivity index (χ4v) is 2.55. The summed E-state index contributed by atoms with van der Waals surface area (Å²) in [5, 5.41) is 0. The maximum atomic E-state index is 12.3. The Morgan fingerprint density at radius 1 is 0.577 bits per heavy atom. The van der Waals surface area contributed by atoms with Gasteiger partial charge in [0, 0.05) is 22.0 Å². The fraction of sp³-hybridized carbons (Fsp3) is 0.333. The molecule has 0 saturated carbocycles. The lowest BCUT2D eigenvalue weighted by molar-refractivity contribution is 0.0852. The van der Waals surface area contributed by atoms with Gasteiger partial charge in [0.1, 0.15) is 0 Å². The molecule has 0 amide bonds. The van der Waals surface area contributed by atoms with Gasteiger partial charge in [0.05, 0.1) is 0 Å². The molecule has 0 aliphatic rings. The Morgan fingerprint density at radius 2 is 0.846 bits per heavy atom. The molecule has 0 saturated heterocycles. The van der Waals surface area contributed by atoms with Gasteiger partial charge in [0.25, 0.3) is 0 Å². The number of hydrogen-bond acceptors (Lipinski definition) is 2. The van der Waals surface area contributed by atoms with Crippen molar-refractivity contribution in [2.75, 3.05) is 0 Å². The maximum Gasteiger partial charge on any atom is 0.168 e. The minimum absolute atomic E-state index is 0.145. The normalized spacial score (nSPS) is 12.4. The summed E-state index contributed by atoms with van der Waals surface area (Å²) in [6.07, 6.45) is 4.01. The van der Waals surface area contributed by atoms with Crippen molar-refractivity contribution in [3.63, 3.8) is 0 Å². The van der Waals surface area contributed by atoms with Crippen LogP contribution in [0.5, 0.6) is 0 Å². The van der Waals surface area contributed by atoms with Crippen LogP contribution in [0.25, 0.3) is 12.2 Å². The van der Waals surface area contributed by atoms with Crippen molar-refractivity contribution in [2.45, 2.75) is 41.5 Å². The molecule has 2 aromatic rings. The Hall–Kier alpha value is -2.48. The molecule has 0 N–H and O–H groups in total. The van der Waals surface area contributed by atoms with Crippen LogP contribution >= 0.6 is 0 Å². The molecule has 2 nitrogen and oxygen atoms in total. The molecule has 0 unspecified atom stereocenters. The van der Waals surface area contributed by atoms with Crippen molar-refractivity contribution in [3.8, 4) is 0 Å². The van der Waals surface area contributed by atoms with Gasteiger partial charge < -0.3 is 0 Å². The number of hydrogen-bond donors (Lipinski definition) is 0. The van der Waals surface area contributed by atoms with Gasteiger partial charge in [-0.2, -0.15) is 0 Å². The van der Waals surface area contributed by atoms with E-state index in [1.54, 1.807) is 0 Å². The first kappa shape index (κ1) is 19.8. The largest absolute Gasteiger partial charge is 0.294 e. The van der Waals surface area contributed by atoms with Crippen molar-refractivity contribution in [1.82, 2.24) is 0 Å². The molecule has 0 atom stereocenters. The smallest absolute Gasteiger partial charge is 0.168 e. The Balaban J connectivity index is 2.10. The highest BCUT2D eigenvalue weighted by Gasteiger charge is 2.23. The Labute approximate surface area is 157 Å². The van der Waals surface area contributed by atoms with E-state index in [0.717, 1.165) is 22.3 Å². The predicted molar refractivity (Wildman–Crippen MR) is 109 cm³/mol. The summed E-state index contributed by atoms with van der Waals surface area (Å²) >= 11 is 0. The Bertz CT molecular complexity index is 737. The summed E-state index contributed by atoms with van der Waals surface area (Å²) in [5.74, 6) is 0.291. The van der Waals surface area contributed by atoms with Crippen LogP contribution in [-0.4, -0.2) is 11.6 Å². The Morgan fingerprint density at radius 3 is 1.08 bits per heavy atom. The van der Waals surface area contributed by atoms with Crippen LogP contribution in [0.2, 0.25) is 0 Å². The summed E-state index contributed by atoms with van der Waals surface area (Å²) in [7, 11) is 0. The first-order chi connectivity index (χ1) is 12.0. The topological polar surface area (TPSA) is 34.1 Å². The van der Waals surface area contributed by atoms with E-state index in [1.165, 1.54) is 0 Å². The van der Waals surface area contributed by atoms with Crippen LogP contribution in [0, 0.1) is 10.8 Å². The van der Waals surface area contributed by atoms with E-state index in [1.807, 2.05) is 102 Å². The zero-order valence-electron chi connectivity index (χ0n) is 16.6. The molecular formula is C24H28O2. The minimum atomic E-state index is -0.371. The summed E-state index contributed by atoms with van der Waals surface area (Å²) in [4.78, 5) is 24.5. The average Bonchev–Trinajstić information content (AvgIpc) is 2.58. The molecule has 2 aromatic carbocycles. The van der Waals surface area contributed by atoms with Crippen LogP contribution < -0.4 is 0 Å². The minimum Gasteiger partial charge on any atom is -0.294 e. The molecule has 0 fully saturated rings. The van der Waals surface area contributed by atoms with Gasteiger partial charge >= 0.3 is 0 Å². The third-order valence-corrected chi connectivity index (χ3v) is 4.18. The van der Waals surface area contributed by atoms with Crippen LogP contribution in [-0.2, 0) is 0 Å². The number of rotatable bonds is 4. The maximum absolute atomic E-state index is 12.3. The van der Waals surface area contributed by atoms with Gasteiger partial charge in [-0.3, -0.25) is 9.59 Å². The number of Topliss-reactive ketones (excluding diaryl/α,β-unsaturated/α-hetero) is 2. The van der Waals surface area contributed by atoms with Crippen molar-refractivity contribution < 1.29 is 9.59 Å². The third-order valence-electron chi connectivity index (χ3n) is 4.18. The van der Waals surface area contributed by atoms with Gasteiger partial charge in [-0.05, 0) is 11.1 Å². The molecule has 0 aliphatic carbocycles. The number of benzene rings is 2. The quantitative estimate of drug-likeness (QED) is 0.479. The zero-order valence-corrected chi connectivity index (χ0v) is 16.6. The van der Waals surface area contributed by atoms with Crippen LogP contribution in [0.1, 0.15) is 73.4 Å². The fourth-order valence-electron chi connectivity index (χ4n) is 2.55. The zero-order chi connectivity index (χ0) is 19.5. The van der Waals surface area contributed by atoms with E-state index in [4.69, 9.17) is 0 Å². The summed E-state index contributed by atoms with van der Waals surface area (Å²) in [6.45, 7) is 11.6. The van der Waals surface area contributed by atoms with Crippen molar-refractivity contribution >= 4 is 23.7 Å². The van der Waals surface area contributed by atoms with Crippen molar-refractivity contribution in [3.05, 3.63) is 70.8 Å². The van der Waals surface area contributed by atoms with E-state index in [0.29, 0.717) is 0 Å². The highest BCUT2D eigenvalue weighted by Crippen LogP contribution is 2.22. The number of carbonyl (C=O) groups excluding carboxylic acids is 2. The monoisotopic (exact) mass is 348 g/mol. The number of carbonyl (C=O) groups is 2. The van der Waals surface area contributed by atoms with Gasteiger partial charge in [-0.1, -0.05) is 102 Å². The molecule has 0 spiro atoms. The summed E-state index contributed by atoms with van der Waals surface area (Å²) in [5.41, 5.74) is 2.79. The highest BCUT2D eigenvalue weighted by atomic mass is 16.1. The molecule has 0 heterocycles. The van der Waals surface area contributed by atoms with E-state index in [2.05, 4.69) is 0 Å². The van der Waals surface area contributed by atoms with Crippen LogP contribution in [0.4, 0.5) is 0 Å². The SMILES string of the molecule is CC(C)(C)C(=O)c1ccc(C=Cc2ccc(C(=O)C(C)(C)C)cc2)cc1. The van der Waals surface area contributed by atoms with Gasteiger partial charge in [-0.25, -0.2) is 0 Å². The van der Waals surface area contributed by atoms with E-state index in [-0.39, 0.29) is 22.4 Å². The standard InChI is InChI=1S/C24H28O2/c1-23(2,3)21(25)19-13-9-17(10-14-19)7-8-18-11-15-20(16-12-18)22(26)24(4,5)6/h7-16H,1-6H3. The first-order valence-electron chi connectivity index (χ1n) is 8.96. The van der Waals surface area contributed by atoms with Crippen LogP contribution in [0.15, 0.2) is 48.5 Å². The van der Waals surface area contributed by atoms with Gasteiger partial charge in [0.15, 0.2) is 11.6 Å². The lowest BCUT2D eigenvalue weighted by Gasteiger charge is -2.16.